The molecule has 1 aromatic heterocycles. The second kappa shape index (κ2) is 7.53. The molecule has 0 aliphatic carbocycles. The number of carbonyl (C=O) groups excluding carboxylic acids is 1. The number of nitrogens with one attached hydrogen (secondary N) is 1. The number of H-pyrrole nitrogens is 1. The monoisotopic (exact) mass is 411 g/mol. The predicted octanol–water partition coefficient (Wildman–Crippen LogP) is 4.91. The summed E-state index contributed by atoms with van der Waals surface area (Å²) in [5.74, 6) is 0.0669. The van der Waals surface area contributed by atoms with E-state index in [1.807, 2.05) is 56.3 Å². The van der Waals surface area contributed by atoms with E-state index in [1.54, 1.807) is 0 Å². The number of hydrogen-bond donors (Lipinski definition) is 1. The Balaban J connectivity index is 1.88. The molecule has 0 saturated heterocycles. The van der Waals surface area contributed by atoms with Gasteiger partial charge in [0.2, 0.25) is 0 Å². The Morgan fingerprint density at radius 1 is 1.14 bits per heavy atom. The maximum absolute atomic E-state index is 13.1. The van der Waals surface area contributed by atoms with Gasteiger partial charge in [0.15, 0.2) is 5.78 Å². The Hall–Kier alpha value is -2.43. The number of fused-ring (bicyclic) bond motifs is 1. The van der Waals surface area contributed by atoms with Gasteiger partial charge in [-0.1, -0.05) is 47.5 Å². The number of rotatable bonds is 3. The standard InChI is InChI=1S/C22H19Cl2N3O/c1-12-21(13(2)27-26-12)22-17-11-16(23)8-7-14(17)10-20(28)19(25-22)9-15-5-3-4-6-18(15)24/h3-8,11,19H,9-10H2,1-2H3,(H,26,27). The van der Waals surface area contributed by atoms with Crippen molar-refractivity contribution in [1.82, 2.24) is 10.2 Å². The van der Waals surface area contributed by atoms with Crippen LogP contribution in [0, 0.1) is 13.8 Å². The number of halogens is 2. The molecule has 6 heteroatoms. The summed E-state index contributed by atoms with van der Waals surface area (Å²) in [4.78, 5) is 18.0. The van der Waals surface area contributed by atoms with E-state index in [0.29, 0.717) is 22.9 Å². The molecule has 2 aromatic carbocycles. The average molecular weight is 412 g/mol. The lowest BCUT2D eigenvalue weighted by Crippen LogP contribution is -2.23. The number of benzene rings is 2. The summed E-state index contributed by atoms with van der Waals surface area (Å²) >= 11 is 12.6. The minimum Gasteiger partial charge on any atom is -0.297 e. The first-order valence-corrected chi connectivity index (χ1v) is 9.84. The molecular weight excluding hydrogens is 393 g/mol. The zero-order valence-electron chi connectivity index (χ0n) is 15.6. The van der Waals surface area contributed by atoms with Crippen LogP contribution in [0.1, 0.15) is 33.6 Å². The molecule has 28 heavy (non-hydrogen) atoms. The van der Waals surface area contributed by atoms with Crippen molar-refractivity contribution >= 4 is 34.7 Å². The minimum atomic E-state index is -0.519. The third-order valence-electron chi connectivity index (χ3n) is 5.08. The molecule has 1 N–H and O–H groups in total. The number of ketones is 1. The predicted molar refractivity (Wildman–Crippen MR) is 113 cm³/mol. The summed E-state index contributed by atoms with van der Waals surface area (Å²) in [6.45, 7) is 3.89. The molecule has 0 radical (unpaired) electrons. The number of aromatic nitrogens is 2. The number of aryl methyl sites for hydroxylation is 2. The van der Waals surface area contributed by atoms with Crippen LogP contribution in [0.2, 0.25) is 10.0 Å². The number of aliphatic imine (C=N–C) groups is 1. The molecule has 3 aromatic rings. The van der Waals surface area contributed by atoms with Crippen LogP contribution in [0.25, 0.3) is 0 Å². The molecular formula is C22H19Cl2N3O. The molecule has 142 valence electrons. The maximum atomic E-state index is 13.1. The number of hydrogen-bond acceptors (Lipinski definition) is 3. The topological polar surface area (TPSA) is 58.1 Å². The van der Waals surface area contributed by atoms with Gasteiger partial charge in [-0.15, -0.1) is 0 Å². The fraction of sp³-hybridized carbons (Fsp3) is 0.227. The Kier molecular flexibility index (Phi) is 5.09. The van der Waals surface area contributed by atoms with Crippen molar-refractivity contribution in [3.8, 4) is 0 Å². The lowest BCUT2D eigenvalue weighted by molar-refractivity contribution is -0.119. The highest BCUT2D eigenvalue weighted by Gasteiger charge is 2.28. The van der Waals surface area contributed by atoms with Crippen molar-refractivity contribution in [2.75, 3.05) is 0 Å². The molecule has 0 fully saturated rings. The molecule has 0 bridgehead atoms. The average Bonchev–Trinajstić information content (AvgIpc) is 2.93. The zero-order valence-corrected chi connectivity index (χ0v) is 17.1. The highest BCUT2D eigenvalue weighted by molar-refractivity contribution is 6.32. The number of carbonyl (C=O) groups is 1. The van der Waals surface area contributed by atoms with E-state index in [0.717, 1.165) is 39.4 Å². The van der Waals surface area contributed by atoms with Crippen LogP contribution in [0.15, 0.2) is 47.5 Å². The van der Waals surface area contributed by atoms with E-state index < -0.39 is 6.04 Å². The van der Waals surface area contributed by atoms with Gasteiger partial charge >= 0.3 is 0 Å². The van der Waals surface area contributed by atoms with Crippen molar-refractivity contribution in [1.29, 1.82) is 0 Å². The molecule has 0 saturated carbocycles. The Morgan fingerprint density at radius 2 is 1.93 bits per heavy atom. The first-order chi connectivity index (χ1) is 13.4. The normalized spacial score (nSPS) is 16.5. The van der Waals surface area contributed by atoms with Crippen molar-refractivity contribution in [2.45, 2.75) is 32.7 Å². The van der Waals surface area contributed by atoms with Crippen LogP contribution >= 0.6 is 23.2 Å². The molecule has 1 aliphatic rings. The van der Waals surface area contributed by atoms with Crippen molar-refractivity contribution in [2.24, 2.45) is 4.99 Å². The smallest absolute Gasteiger partial charge is 0.162 e. The number of nitrogens with zero attached hydrogens (tertiary/aromatic N) is 2. The lowest BCUT2D eigenvalue weighted by Gasteiger charge is -2.13. The van der Waals surface area contributed by atoms with E-state index in [4.69, 9.17) is 28.2 Å². The fourth-order valence-corrected chi connectivity index (χ4v) is 4.04. The van der Waals surface area contributed by atoms with E-state index >= 15 is 0 Å². The van der Waals surface area contributed by atoms with E-state index in [2.05, 4.69) is 10.2 Å². The first-order valence-electron chi connectivity index (χ1n) is 9.08. The first kappa shape index (κ1) is 18.9. The third kappa shape index (κ3) is 3.50. The van der Waals surface area contributed by atoms with E-state index in [9.17, 15) is 4.79 Å². The largest absolute Gasteiger partial charge is 0.297 e. The molecule has 4 rings (SSSR count). The van der Waals surface area contributed by atoms with Gasteiger partial charge in [0.05, 0.1) is 11.4 Å². The molecule has 0 spiro atoms. The maximum Gasteiger partial charge on any atom is 0.162 e. The van der Waals surface area contributed by atoms with Gasteiger partial charge in [-0.2, -0.15) is 5.10 Å². The van der Waals surface area contributed by atoms with Crippen molar-refractivity contribution in [3.05, 3.63) is 86.2 Å². The van der Waals surface area contributed by atoms with E-state index in [-0.39, 0.29) is 5.78 Å². The molecule has 2 heterocycles. The van der Waals surface area contributed by atoms with Crippen molar-refractivity contribution in [3.63, 3.8) is 0 Å². The van der Waals surface area contributed by atoms with Gasteiger partial charge < -0.3 is 0 Å². The zero-order chi connectivity index (χ0) is 19.8. The Bertz CT molecular complexity index is 1080. The molecule has 0 amide bonds. The van der Waals surface area contributed by atoms with Gasteiger partial charge in [-0.3, -0.25) is 14.9 Å². The number of Topliss-reactive ketones (excluding diaryl/α,β-unsaturated/α-hetero) is 1. The van der Waals surface area contributed by atoms with Crippen LogP contribution in [-0.2, 0) is 17.6 Å². The SMILES string of the molecule is Cc1n[nH]c(C)c1C1=NC(Cc2ccccc2Cl)C(=O)Cc2ccc(Cl)cc21. The summed E-state index contributed by atoms with van der Waals surface area (Å²) in [6, 6.07) is 12.7. The summed E-state index contributed by atoms with van der Waals surface area (Å²) < 4.78 is 0. The lowest BCUT2D eigenvalue weighted by atomic mass is 9.94. The van der Waals surface area contributed by atoms with Crippen LogP contribution in [0.5, 0.6) is 0 Å². The van der Waals surface area contributed by atoms with Gasteiger partial charge in [0.1, 0.15) is 6.04 Å². The summed E-state index contributed by atoms with van der Waals surface area (Å²) in [7, 11) is 0. The van der Waals surface area contributed by atoms with Gasteiger partial charge in [-0.25, -0.2) is 0 Å². The molecule has 1 aliphatic heterocycles. The van der Waals surface area contributed by atoms with Crippen LogP contribution in [0.3, 0.4) is 0 Å². The highest BCUT2D eigenvalue weighted by atomic mass is 35.5. The van der Waals surface area contributed by atoms with Crippen LogP contribution < -0.4 is 0 Å². The quantitative estimate of drug-likeness (QED) is 0.665. The summed E-state index contributed by atoms with van der Waals surface area (Å²) in [5.41, 5.74) is 6.15. The second-order valence-electron chi connectivity index (χ2n) is 7.04. The molecule has 1 atom stereocenters. The third-order valence-corrected chi connectivity index (χ3v) is 5.69. The van der Waals surface area contributed by atoms with Gasteiger partial charge in [0, 0.05) is 39.7 Å². The van der Waals surface area contributed by atoms with Crippen LogP contribution in [0.4, 0.5) is 0 Å². The molecule has 1 unspecified atom stereocenters. The highest BCUT2D eigenvalue weighted by Crippen LogP contribution is 2.28. The summed E-state index contributed by atoms with van der Waals surface area (Å²) in [5, 5.41) is 8.59. The number of aromatic amines is 1. The van der Waals surface area contributed by atoms with E-state index in [1.165, 1.54) is 0 Å². The Labute approximate surface area is 173 Å². The van der Waals surface area contributed by atoms with Crippen molar-refractivity contribution < 1.29 is 4.79 Å². The minimum absolute atomic E-state index is 0.0669. The summed E-state index contributed by atoms with van der Waals surface area (Å²) in [6.07, 6.45) is 0.768. The van der Waals surface area contributed by atoms with Crippen LogP contribution in [-0.4, -0.2) is 27.7 Å². The Morgan fingerprint density at radius 3 is 2.64 bits per heavy atom. The fourth-order valence-electron chi connectivity index (χ4n) is 3.66. The molecule has 4 nitrogen and oxygen atoms in total. The van der Waals surface area contributed by atoms with Gasteiger partial charge in [-0.05, 0) is 43.2 Å². The van der Waals surface area contributed by atoms with Gasteiger partial charge in [0.25, 0.3) is 0 Å². The second-order valence-corrected chi connectivity index (χ2v) is 7.89.